The fraction of sp³-hybridized carbons (Fsp3) is 0.708. The van der Waals surface area contributed by atoms with Crippen LogP contribution >= 0.6 is 7.82 Å². The summed E-state index contributed by atoms with van der Waals surface area (Å²) in [5, 5.41) is 0. The van der Waals surface area contributed by atoms with Crippen LogP contribution in [0.25, 0.3) is 0 Å². The van der Waals surface area contributed by atoms with Crippen LogP contribution in [0.15, 0.2) is 146 Å². The average molecular weight is 1400 g/mol. The molecule has 10 heteroatoms. The molecule has 0 saturated carbocycles. The molecule has 0 aromatic rings. The third kappa shape index (κ3) is 82.7. The third-order valence-electron chi connectivity index (χ3n) is 17.7. The Balaban J connectivity index is 3.87. The molecule has 0 saturated heterocycles. The van der Waals surface area contributed by atoms with E-state index < -0.39 is 26.5 Å². The first-order valence-corrected chi connectivity index (χ1v) is 42.8. The van der Waals surface area contributed by atoms with Crippen molar-refractivity contribution in [1.29, 1.82) is 0 Å². The molecular formula is C89H154NO8P. The van der Waals surface area contributed by atoms with Crippen LogP contribution in [0.5, 0.6) is 0 Å². The summed E-state index contributed by atoms with van der Waals surface area (Å²) in [5.41, 5.74) is 5.41. The summed E-state index contributed by atoms with van der Waals surface area (Å²) >= 11 is 0. The molecule has 0 amide bonds. The minimum Gasteiger partial charge on any atom is -0.462 e. The van der Waals surface area contributed by atoms with Gasteiger partial charge in [0.15, 0.2) is 6.10 Å². The number of phosphoric acid groups is 1. The number of nitrogens with two attached hydrogens (primary N) is 1. The largest absolute Gasteiger partial charge is 0.472 e. The van der Waals surface area contributed by atoms with E-state index in [-0.39, 0.29) is 38.6 Å². The van der Waals surface area contributed by atoms with Gasteiger partial charge in [0, 0.05) is 19.4 Å². The van der Waals surface area contributed by atoms with E-state index in [2.05, 4.69) is 160 Å². The summed E-state index contributed by atoms with van der Waals surface area (Å²) < 4.78 is 33.3. The van der Waals surface area contributed by atoms with Crippen molar-refractivity contribution in [3.8, 4) is 0 Å². The molecule has 9 nitrogen and oxygen atoms in total. The second kappa shape index (κ2) is 82.8. The van der Waals surface area contributed by atoms with Gasteiger partial charge in [0.2, 0.25) is 0 Å². The molecule has 0 aromatic heterocycles. The highest BCUT2D eigenvalue weighted by molar-refractivity contribution is 7.47. The minimum atomic E-state index is -4.41. The summed E-state index contributed by atoms with van der Waals surface area (Å²) in [6, 6.07) is 0. The number of hydrogen-bond donors (Lipinski definition) is 2. The molecule has 568 valence electrons. The lowest BCUT2D eigenvalue weighted by atomic mass is 10.0. The van der Waals surface area contributed by atoms with Crippen molar-refractivity contribution in [3.05, 3.63) is 146 Å². The van der Waals surface area contributed by atoms with Crippen LogP contribution in [0, 0.1) is 0 Å². The first-order chi connectivity index (χ1) is 48.8. The number of carbonyl (C=O) groups excluding carboxylic acids is 2. The predicted molar refractivity (Wildman–Crippen MR) is 431 cm³/mol. The van der Waals surface area contributed by atoms with Crippen molar-refractivity contribution in [2.24, 2.45) is 5.73 Å². The van der Waals surface area contributed by atoms with Crippen molar-refractivity contribution in [3.63, 3.8) is 0 Å². The Morgan fingerprint density at radius 3 is 0.838 bits per heavy atom. The summed E-state index contributed by atoms with van der Waals surface area (Å²) in [7, 11) is -4.41. The van der Waals surface area contributed by atoms with Crippen molar-refractivity contribution in [1.82, 2.24) is 0 Å². The molecule has 0 fully saturated rings. The van der Waals surface area contributed by atoms with Gasteiger partial charge in [-0.25, -0.2) is 4.57 Å². The maximum absolute atomic E-state index is 12.8. The van der Waals surface area contributed by atoms with Crippen molar-refractivity contribution >= 4 is 19.8 Å². The molecule has 0 bridgehead atoms. The molecule has 2 unspecified atom stereocenters. The second-order valence-electron chi connectivity index (χ2n) is 27.3. The van der Waals surface area contributed by atoms with E-state index in [1.54, 1.807) is 0 Å². The highest BCUT2D eigenvalue weighted by Crippen LogP contribution is 2.43. The fourth-order valence-corrected chi connectivity index (χ4v) is 12.4. The molecule has 3 N–H and O–H groups in total. The van der Waals surface area contributed by atoms with E-state index in [0.717, 1.165) is 122 Å². The number of rotatable bonds is 77. The van der Waals surface area contributed by atoms with Gasteiger partial charge in [-0.05, 0) is 122 Å². The number of phosphoric ester groups is 1. The quantitative estimate of drug-likeness (QED) is 0.0264. The number of esters is 2. The van der Waals surface area contributed by atoms with E-state index in [0.29, 0.717) is 6.42 Å². The zero-order valence-electron chi connectivity index (χ0n) is 64.2. The second-order valence-corrected chi connectivity index (χ2v) is 28.7. The van der Waals surface area contributed by atoms with Crippen LogP contribution in [0.2, 0.25) is 0 Å². The summed E-state index contributed by atoms with van der Waals surface area (Å²) in [5.74, 6) is -0.845. The Morgan fingerprint density at radius 2 is 0.556 bits per heavy atom. The van der Waals surface area contributed by atoms with Gasteiger partial charge in [0.05, 0.1) is 13.2 Å². The van der Waals surface area contributed by atoms with E-state index in [4.69, 9.17) is 24.3 Å². The summed E-state index contributed by atoms with van der Waals surface area (Å²) in [4.78, 5) is 35.5. The number of ether oxygens (including phenoxy) is 2. The predicted octanol–water partition coefficient (Wildman–Crippen LogP) is 28.1. The van der Waals surface area contributed by atoms with Crippen LogP contribution in [0.1, 0.15) is 373 Å². The molecule has 0 spiro atoms. The van der Waals surface area contributed by atoms with Gasteiger partial charge < -0.3 is 20.1 Å². The average Bonchev–Trinajstić information content (AvgIpc) is 1.35. The molecule has 2 atom stereocenters. The molecule has 0 aliphatic carbocycles. The van der Waals surface area contributed by atoms with Crippen molar-refractivity contribution in [2.45, 2.75) is 380 Å². The number of unbranched alkanes of at least 4 members (excludes halogenated alkanes) is 40. The Kier molecular flexibility index (Phi) is 79.4. The standard InChI is InChI=1S/C89H154NO8P/c1-3-5-7-9-11-13-15-17-19-21-23-25-27-29-31-33-35-37-39-41-43-45-47-49-51-53-55-57-59-61-63-65-67-69-71-73-75-77-79-81-88(91)95-85-87(86-97-99(93,94)96-84-83-90)98-89(92)82-80-78-76-74-72-70-68-66-64-62-60-58-56-54-52-50-48-46-44-42-40-38-36-34-32-30-28-26-24-22-20-18-16-14-12-10-8-6-4-2/h6,8,12,14,18,20-21,23-24,26,30,32,36,38,42,44,48,50,54,56,60,62,66,68,87H,3-5,7,9-11,13,15-17,19,22,25,27-29,31,33-35,37,39-41,43,45-47,49,51-53,55,57-59,61,63-65,67,69-86,90H2,1-2H3,(H,93,94)/b8-6-,14-12-,20-18-,23-21-,26-24-,32-30-,38-36-,44-42-,50-48-,56-54-,62-60-,68-66-. The maximum Gasteiger partial charge on any atom is 0.472 e. The topological polar surface area (TPSA) is 134 Å². The van der Waals surface area contributed by atoms with Gasteiger partial charge in [0.1, 0.15) is 6.61 Å². The van der Waals surface area contributed by atoms with Gasteiger partial charge in [-0.1, -0.05) is 384 Å². The molecule has 0 rings (SSSR count). The van der Waals surface area contributed by atoms with Crippen LogP contribution in [0.4, 0.5) is 0 Å². The molecule has 0 radical (unpaired) electrons. The molecule has 0 heterocycles. The van der Waals surface area contributed by atoms with Gasteiger partial charge in [-0.15, -0.1) is 0 Å². The number of carbonyl (C=O) groups is 2. The molecule has 0 aromatic carbocycles. The van der Waals surface area contributed by atoms with Crippen LogP contribution in [-0.4, -0.2) is 49.3 Å². The van der Waals surface area contributed by atoms with Gasteiger partial charge in [-0.2, -0.15) is 0 Å². The van der Waals surface area contributed by atoms with E-state index in [1.807, 2.05) is 0 Å². The highest BCUT2D eigenvalue weighted by Gasteiger charge is 2.26. The zero-order valence-corrected chi connectivity index (χ0v) is 65.1. The van der Waals surface area contributed by atoms with Gasteiger partial charge in [-0.3, -0.25) is 18.6 Å². The monoisotopic (exact) mass is 1400 g/mol. The van der Waals surface area contributed by atoms with Gasteiger partial charge >= 0.3 is 19.8 Å². The lowest BCUT2D eigenvalue weighted by Gasteiger charge is -2.19. The van der Waals surface area contributed by atoms with Crippen molar-refractivity contribution in [2.75, 3.05) is 26.4 Å². The summed E-state index contributed by atoms with van der Waals surface area (Å²) in [6.45, 7) is 3.64. The minimum absolute atomic E-state index is 0.0445. The molecule has 0 aliphatic rings. The SMILES string of the molecule is CC/C=C\C/C=C\C/C=C\C/C=C\C/C=C\C/C=C\C/C=C\C/C=C\C/C=C\C/C=C\C/C=C\CCCCCCCC(=O)OC(COC(=O)CCCCCCCCCCCCCCCCCCCCCCCCCCCCC/C=C\CCCCCCCCCC)COP(=O)(O)OCCN. The fourth-order valence-electron chi connectivity index (χ4n) is 11.6. The molecular weight excluding hydrogens is 1240 g/mol. The maximum atomic E-state index is 12.8. The smallest absolute Gasteiger partial charge is 0.462 e. The Morgan fingerprint density at radius 1 is 0.313 bits per heavy atom. The first-order valence-electron chi connectivity index (χ1n) is 41.3. The first kappa shape index (κ1) is 94.9. The Labute approximate surface area is 611 Å². The van der Waals surface area contributed by atoms with E-state index in [9.17, 15) is 19.0 Å². The highest BCUT2D eigenvalue weighted by atomic mass is 31.2. The van der Waals surface area contributed by atoms with Crippen LogP contribution < -0.4 is 5.73 Å². The normalized spacial score (nSPS) is 13.6. The number of allylic oxidation sites excluding steroid dienone is 24. The summed E-state index contributed by atoms with van der Waals surface area (Å²) in [6.07, 6.45) is 120. The molecule has 0 aliphatic heterocycles. The Hall–Kier alpha value is -4.11. The lowest BCUT2D eigenvalue weighted by Crippen LogP contribution is -2.29. The Bertz CT molecular complexity index is 2150. The van der Waals surface area contributed by atoms with Crippen LogP contribution in [0.3, 0.4) is 0 Å². The molecule has 99 heavy (non-hydrogen) atoms. The van der Waals surface area contributed by atoms with E-state index in [1.165, 1.54) is 218 Å². The van der Waals surface area contributed by atoms with Gasteiger partial charge in [0.25, 0.3) is 0 Å². The zero-order chi connectivity index (χ0) is 71.5. The van der Waals surface area contributed by atoms with E-state index >= 15 is 0 Å². The van der Waals surface area contributed by atoms with Crippen molar-refractivity contribution < 1.29 is 37.6 Å². The number of hydrogen-bond acceptors (Lipinski definition) is 8. The third-order valence-corrected chi connectivity index (χ3v) is 18.7. The van der Waals surface area contributed by atoms with Crippen LogP contribution in [-0.2, 0) is 32.7 Å². The lowest BCUT2D eigenvalue weighted by molar-refractivity contribution is -0.161.